The fourth-order valence-corrected chi connectivity index (χ4v) is 4.51. The Morgan fingerprint density at radius 1 is 1.11 bits per heavy atom. The summed E-state index contributed by atoms with van der Waals surface area (Å²) in [5.41, 5.74) is 0. The largest absolute Gasteiger partial charge is 0.492 e. The Morgan fingerprint density at radius 2 is 1.81 bits per heavy atom. The minimum absolute atomic E-state index is 0. The van der Waals surface area contributed by atoms with Crippen LogP contribution in [0.1, 0.15) is 0 Å². The molecule has 3 N–H and O–H groups in total. The van der Waals surface area contributed by atoms with E-state index in [1.54, 1.807) is 13.1 Å². The second kappa shape index (κ2) is 12.4. The third kappa shape index (κ3) is 8.64. The summed E-state index contributed by atoms with van der Waals surface area (Å²) in [4.78, 5) is 4.07. The summed E-state index contributed by atoms with van der Waals surface area (Å²) in [6.45, 7) is 1.65. The van der Waals surface area contributed by atoms with Crippen LogP contribution in [0.2, 0.25) is 4.34 Å². The second-order valence-corrected chi connectivity index (χ2v) is 8.75. The van der Waals surface area contributed by atoms with Crippen LogP contribution in [0.15, 0.2) is 51.7 Å². The van der Waals surface area contributed by atoms with Crippen molar-refractivity contribution >= 4 is 62.9 Å². The molecule has 0 amide bonds. The van der Waals surface area contributed by atoms with E-state index in [1.807, 2.05) is 30.3 Å². The van der Waals surface area contributed by atoms with Gasteiger partial charge in [-0.05, 0) is 24.3 Å². The molecule has 1 aromatic carbocycles. The van der Waals surface area contributed by atoms with Crippen molar-refractivity contribution in [3.05, 3.63) is 46.8 Å². The lowest BCUT2D eigenvalue weighted by Gasteiger charge is -2.12. The van der Waals surface area contributed by atoms with Crippen molar-refractivity contribution in [2.24, 2.45) is 4.99 Å². The van der Waals surface area contributed by atoms with E-state index in [1.165, 1.54) is 6.07 Å². The monoisotopic (exact) mass is 544 g/mol. The van der Waals surface area contributed by atoms with Crippen LogP contribution >= 0.6 is 46.9 Å². The molecule has 0 spiro atoms. The van der Waals surface area contributed by atoms with Crippen molar-refractivity contribution in [2.45, 2.75) is 4.21 Å². The Kier molecular flexibility index (Phi) is 11.0. The summed E-state index contributed by atoms with van der Waals surface area (Å²) in [6, 6.07) is 12.6. The van der Waals surface area contributed by atoms with E-state index in [9.17, 15) is 8.42 Å². The van der Waals surface area contributed by atoms with Gasteiger partial charge in [-0.15, -0.1) is 35.3 Å². The van der Waals surface area contributed by atoms with Gasteiger partial charge in [0, 0.05) is 20.1 Å². The highest BCUT2D eigenvalue weighted by atomic mass is 127. The summed E-state index contributed by atoms with van der Waals surface area (Å²) >= 11 is 6.79. The number of nitrogens with one attached hydrogen (secondary N) is 3. The van der Waals surface area contributed by atoms with Gasteiger partial charge in [-0.25, -0.2) is 13.1 Å². The molecule has 0 radical (unpaired) electrons. The van der Waals surface area contributed by atoms with E-state index in [-0.39, 0.29) is 34.7 Å². The fourth-order valence-electron chi connectivity index (χ4n) is 1.96. The summed E-state index contributed by atoms with van der Waals surface area (Å²) in [5, 5.41) is 6.12. The van der Waals surface area contributed by atoms with E-state index in [2.05, 4.69) is 20.3 Å². The number of benzene rings is 1. The van der Waals surface area contributed by atoms with Gasteiger partial charge in [0.1, 0.15) is 16.6 Å². The molecule has 150 valence electrons. The zero-order valence-corrected chi connectivity index (χ0v) is 19.4. The standard InChI is InChI=1S/C16H21ClN4O3S2.HI/c1-18-16(20-11-12-24-13-5-3-2-4-6-13)19-9-10-21-26(22,23)15-8-7-14(17)25-15;/h2-8,21H,9-12H2,1H3,(H2,18,19,20);1H. The van der Waals surface area contributed by atoms with Crippen molar-refractivity contribution in [1.82, 2.24) is 15.4 Å². The van der Waals surface area contributed by atoms with Gasteiger partial charge in [0.15, 0.2) is 5.96 Å². The highest BCUT2D eigenvalue weighted by molar-refractivity contribution is 14.0. The van der Waals surface area contributed by atoms with Crippen LogP contribution in [0.3, 0.4) is 0 Å². The molecule has 27 heavy (non-hydrogen) atoms. The molecule has 7 nitrogen and oxygen atoms in total. The summed E-state index contributed by atoms with van der Waals surface area (Å²) < 4.78 is 32.8. The molecule has 2 aromatic rings. The molecule has 11 heteroatoms. The predicted octanol–water partition coefficient (Wildman–Crippen LogP) is 2.54. The van der Waals surface area contributed by atoms with Gasteiger partial charge in [-0.2, -0.15) is 0 Å². The number of guanidine groups is 1. The van der Waals surface area contributed by atoms with Gasteiger partial charge >= 0.3 is 0 Å². The number of sulfonamides is 1. The highest BCUT2D eigenvalue weighted by Crippen LogP contribution is 2.25. The number of rotatable bonds is 9. The van der Waals surface area contributed by atoms with E-state index in [0.29, 0.717) is 30.0 Å². The normalized spacial score (nSPS) is 11.6. The second-order valence-electron chi connectivity index (χ2n) is 5.04. The molecule has 2 rings (SSSR count). The van der Waals surface area contributed by atoms with Crippen molar-refractivity contribution in [2.75, 3.05) is 33.3 Å². The summed E-state index contributed by atoms with van der Waals surface area (Å²) in [5.74, 6) is 1.38. The summed E-state index contributed by atoms with van der Waals surface area (Å²) in [6.07, 6.45) is 0. The Morgan fingerprint density at radius 3 is 2.44 bits per heavy atom. The Hall–Kier alpha value is -1.08. The number of ether oxygens (including phenoxy) is 1. The molecule has 0 aliphatic heterocycles. The van der Waals surface area contributed by atoms with Gasteiger partial charge in [-0.1, -0.05) is 29.8 Å². The maximum absolute atomic E-state index is 12.1. The molecular weight excluding hydrogens is 523 g/mol. The number of hydrogen-bond acceptors (Lipinski definition) is 5. The molecule has 0 fully saturated rings. The fraction of sp³-hybridized carbons (Fsp3) is 0.312. The van der Waals surface area contributed by atoms with Crippen molar-refractivity contribution in [1.29, 1.82) is 0 Å². The Labute approximate surface area is 185 Å². The minimum atomic E-state index is -3.53. The van der Waals surface area contributed by atoms with Gasteiger partial charge in [0.05, 0.1) is 10.9 Å². The average Bonchev–Trinajstić information content (AvgIpc) is 3.08. The van der Waals surface area contributed by atoms with Crippen LogP contribution in [0.4, 0.5) is 0 Å². The molecule has 1 aromatic heterocycles. The first-order valence-corrected chi connectivity index (χ1v) is 10.6. The van der Waals surface area contributed by atoms with Gasteiger partial charge in [0.2, 0.25) is 10.0 Å². The lowest BCUT2D eigenvalue weighted by Crippen LogP contribution is -2.42. The SMILES string of the molecule is CN=C(NCCNS(=O)(=O)c1ccc(Cl)s1)NCCOc1ccccc1.I. The predicted molar refractivity (Wildman–Crippen MR) is 121 cm³/mol. The molecule has 0 aliphatic rings. The number of nitrogens with zero attached hydrogens (tertiary/aromatic N) is 1. The van der Waals surface area contributed by atoms with Crippen molar-refractivity contribution < 1.29 is 13.2 Å². The van der Waals surface area contributed by atoms with Crippen LogP contribution in [0, 0.1) is 0 Å². The third-order valence-electron chi connectivity index (χ3n) is 3.15. The van der Waals surface area contributed by atoms with E-state index in [4.69, 9.17) is 16.3 Å². The minimum Gasteiger partial charge on any atom is -0.492 e. The smallest absolute Gasteiger partial charge is 0.250 e. The number of aliphatic imine (C=N–C) groups is 1. The number of hydrogen-bond donors (Lipinski definition) is 3. The van der Waals surface area contributed by atoms with E-state index in [0.717, 1.165) is 17.1 Å². The van der Waals surface area contributed by atoms with Crippen LogP contribution in [-0.2, 0) is 10.0 Å². The molecule has 0 unspecified atom stereocenters. The van der Waals surface area contributed by atoms with Gasteiger partial charge in [-0.3, -0.25) is 4.99 Å². The van der Waals surface area contributed by atoms with E-state index < -0.39 is 10.0 Å². The quantitative estimate of drug-likeness (QED) is 0.195. The zero-order chi connectivity index (χ0) is 18.8. The zero-order valence-electron chi connectivity index (χ0n) is 14.6. The molecule has 0 atom stereocenters. The van der Waals surface area contributed by atoms with Crippen molar-refractivity contribution in [3.8, 4) is 5.75 Å². The van der Waals surface area contributed by atoms with Crippen LogP contribution < -0.4 is 20.1 Å². The maximum Gasteiger partial charge on any atom is 0.250 e. The number of para-hydroxylation sites is 1. The number of thiophene rings is 1. The van der Waals surface area contributed by atoms with E-state index >= 15 is 0 Å². The first-order chi connectivity index (χ1) is 12.5. The molecule has 0 bridgehead atoms. The Balaban J connectivity index is 0.00000364. The highest BCUT2D eigenvalue weighted by Gasteiger charge is 2.15. The number of halogens is 2. The lowest BCUT2D eigenvalue weighted by molar-refractivity contribution is 0.322. The molecule has 0 aliphatic carbocycles. The van der Waals surface area contributed by atoms with Crippen LogP contribution in [-0.4, -0.2) is 47.7 Å². The summed E-state index contributed by atoms with van der Waals surface area (Å²) in [7, 11) is -1.89. The van der Waals surface area contributed by atoms with Gasteiger partial charge < -0.3 is 15.4 Å². The third-order valence-corrected chi connectivity index (χ3v) is 6.34. The molecule has 1 heterocycles. The molecular formula is C16H22ClIN4O3S2. The molecule has 0 saturated carbocycles. The van der Waals surface area contributed by atoms with Crippen LogP contribution in [0.5, 0.6) is 5.75 Å². The maximum atomic E-state index is 12.1. The first-order valence-electron chi connectivity index (χ1n) is 7.88. The lowest BCUT2D eigenvalue weighted by atomic mass is 10.3. The van der Waals surface area contributed by atoms with Crippen LogP contribution in [0.25, 0.3) is 0 Å². The van der Waals surface area contributed by atoms with Gasteiger partial charge in [0.25, 0.3) is 0 Å². The molecule has 0 saturated heterocycles. The first kappa shape index (κ1) is 24.0. The average molecular weight is 545 g/mol. The Bertz CT molecular complexity index is 816. The van der Waals surface area contributed by atoms with Crippen molar-refractivity contribution in [3.63, 3.8) is 0 Å². The topological polar surface area (TPSA) is 91.8 Å².